The van der Waals surface area contributed by atoms with Crippen LogP contribution in [0.3, 0.4) is 0 Å². The van der Waals surface area contributed by atoms with Gasteiger partial charge in [-0.05, 0) is 25.2 Å². The molecule has 0 radical (unpaired) electrons. The summed E-state index contributed by atoms with van der Waals surface area (Å²) in [6, 6.07) is 1.60. The zero-order chi connectivity index (χ0) is 16.2. The summed E-state index contributed by atoms with van der Waals surface area (Å²) in [6.07, 6.45) is 2.55. The third-order valence-electron chi connectivity index (χ3n) is 3.50. The monoisotopic (exact) mass is 329 g/mol. The van der Waals surface area contributed by atoms with Crippen molar-refractivity contribution in [2.45, 2.75) is 33.1 Å². The van der Waals surface area contributed by atoms with Crippen molar-refractivity contribution >= 4 is 15.9 Å². The van der Waals surface area contributed by atoms with Gasteiger partial charge in [0, 0.05) is 25.7 Å². The van der Waals surface area contributed by atoms with E-state index in [2.05, 4.69) is 24.3 Å². The maximum atomic E-state index is 12.0. The molecule has 1 N–H and O–H groups in total. The Kier molecular flexibility index (Phi) is 5.57. The van der Waals surface area contributed by atoms with Crippen LogP contribution in [0.15, 0.2) is 10.6 Å². The van der Waals surface area contributed by atoms with Gasteiger partial charge in [0.05, 0.1) is 11.4 Å². The van der Waals surface area contributed by atoms with Crippen LogP contribution in [0.5, 0.6) is 0 Å². The molecule has 1 fully saturated rings. The van der Waals surface area contributed by atoms with Crippen molar-refractivity contribution in [3.63, 3.8) is 0 Å². The SMILES string of the molecule is CC(C)Cc1cc(C(=O)NCCS(=O)(=O)N2CCCC2)on1. The Morgan fingerprint density at radius 2 is 2.09 bits per heavy atom. The average Bonchev–Trinajstić information content (AvgIpc) is 3.08. The Hall–Kier alpha value is -1.41. The standard InChI is InChI=1S/C14H23N3O4S/c1-11(2)9-12-10-13(21-16-12)14(18)15-5-8-22(19,20)17-6-3-4-7-17/h10-11H,3-9H2,1-2H3,(H,15,18). The first-order valence-corrected chi connectivity index (χ1v) is 9.21. The van der Waals surface area contributed by atoms with Gasteiger partial charge in [0.2, 0.25) is 15.8 Å². The molecular formula is C14H23N3O4S. The van der Waals surface area contributed by atoms with Crippen LogP contribution in [-0.4, -0.2) is 49.2 Å². The molecule has 0 atom stereocenters. The molecule has 2 rings (SSSR count). The molecule has 1 saturated heterocycles. The molecule has 7 nitrogen and oxygen atoms in total. The van der Waals surface area contributed by atoms with E-state index in [0.29, 0.717) is 19.0 Å². The van der Waals surface area contributed by atoms with Gasteiger partial charge in [-0.1, -0.05) is 19.0 Å². The molecular weight excluding hydrogens is 306 g/mol. The van der Waals surface area contributed by atoms with Crippen molar-refractivity contribution in [2.24, 2.45) is 5.92 Å². The molecule has 1 aliphatic rings. The molecule has 0 unspecified atom stereocenters. The smallest absolute Gasteiger partial charge is 0.289 e. The lowest BCUT2D eigenvalue weighted by atomic mass is 10.1. The predicted molar refractivity (Wildman–Crippen MR) is 82.0 cm³/mol. The number of hydrogen-bond acceptors (Lipinski definition) is 5. The number of aromatic nitrogens is 1. The molecule has 1 amide bonds. The topological polar surface area (TPSA) is 92.5 Å². The Bertz CT molecular complexity index is 603. The van der Waals surface area contributed by atoms with Gasteiger partial charge in [-0.25, -0.2) is 12.7 Å². The van der Waals surface area contributed by atoms with E-state index >= 15 is 0 Å². The molecule has 0 aromatic carbocycles. The number of nitrogens with one attached hydrogen (secondary N) is 1. The van der Waals surface area contributed by atoms with Gasteiger partial charge < -0.3 is 9.84 Å². The van der Waals surface area contributed by atoms with Crippen LogP contribution >= 0.6 is 0 Å². The van der Waals surface area contributed by atoms with E-state index in [1.165, 1.54) is 4.31 Å². The molecule has 1 aliphatic heterocycles. The minimum absolute atomic E-state index is 0.0673. The normalized spacial score (nSPS) is 16.3. The summed E-state index contributed by atoms with van der Waals surface area (Å²) in [5.74, 6) is 0.0195. The van der Waals surface area contributed by atoms with E-state index in [-0.39, 0.29) is 18.1 Å². The number of rotatable bonds is 7. The van der Waals surface area contributed by atoms with Gasteiger partial charge in [0.1, 0.15) is 0 Å². The summed E-state index contributed by atoms with van der Waals surface area (Å²) >= 11 is 0. The Balaban J connectivity index is 1.81. The maximum absolute atomic E-state index is 12.0. The van der Waals surface area contributed by atoms with Crippen LogP contribution in [0.4, 0.5) is 0 Å². The molecule has 1 aromatic rings. The van der Waals surface area contributed by atoms with Crippen LogP contribution in [0.2, 0.25) is 0 Å². The molecule has 0 spiro atoms. The maximum Gasteiger partial charge on any atom is 0.289 e. The average molecular weight is 329 g/mol. The summed E-state index contributed by atoms with van der Waals surface area (Å²) in [5, 5.41) is 6.40. The molecule has 124 valence electrons. The second kappa shape index (κ2) is 7.23. The van der Waals surface area contributed by atoms with Crippen LogP contribution in [0.1, 0.15) is 42.9 Å². The lowest BCUT2D eigenvalue weighted by Gasteiger charge is -2.15. The van der Waals surface area contributed by atoms with Gasteiger partial charge in [0.25, 0.3) is 5.91 Å². The number of carbonyl (C=O) groups is 1. The molecule has 0 aliphatic carbocycles. The number of hydrogen-bond donors (Lipinski definition) is 1. The molecule has 8 heteroatoms. The van der Waals surface area contributed by atoms with Gasteiger partial charge in [-0.15, -0.1) is 0 Å². The summed E-state index contributed by atoms with van der Waals surface area (Å²) in [4.78, 5) is 11.9. The highest BCUT2D eigenvalue weighted by atomic mass is 32.2. The Labute approximate surface area is 131 Å². The fourth-order valence-electron chi connectivity index (χ4n) is 2.41. The van der Waals surface area contributed by atoms with Crippen molar-refractivity contribution < 1.29 is 17.7 Å². The van der Waals surface area contributed by atoms with E-state index in [9.17, 15) is 13.2 Å². The minimum atomic E-state index is -3.28. The third-order valence-corrected chi connectivity index (χ3v) is 5.38. The van der Waals surface area contributed by atoms with E-state index < -0.39 is 15.9 Å². The van der Waals surface area contributed by atoms with Gasteiger partial charge in [-0.3, -0.25) is 4.79 Å². The minimum Gasteiger partial charge on any atom is -0.351 e. The third kappa shape index (κ3) is 4.54. The van der Waals surface area contributed by atoms with Crippen molar-refractivity contribution in [2.75, 3.05) is 25.4 Å². The van der Waals surface area contributed by atoms with Gasteiger partial charge in [-0.2, -0.15) is 0 Å². The fourth-order valence-corrected chi connectivity index (χ4v) is 3.84. The van der Waals surface area contributed by atoms with Crippen LogP contribution in [0, 0.1) is 5.92 Å². The van der Waals surface area contributed by atoms with Crippen molar-refractivity contribution in [1.82, 2.24) is 14.8 Å². The largest absolute Gasteiger partial charge is 0.351 e. The zero-order valence-electron chi connectivity index (χ0n) is 13.0. The molecule has 2 heterocycles. The second-order valence-electron chi connectivity index (χ2n) is 5.96. The molecule has 0 bridgehead atoms. The number of carbonyl (C=O) groups excluding carboxylic acids is 1. The summed E-state index contributed by atoms with van der Waals surface area (Å²) in [5.41, 5.74) is 0.727. The zero-order valence-corrected chi connectivity index (χ0v) is 13.9. The lowest BCUT2D eigenvalue weighted by molar-refractivity contribution is 0.0919. The van der Waals surface area contributed by atoms with E-state index in [4.69, 9.17) is 4.52 Å². The number of sulfonamides is 1. The molecule has 22 heavy (non-hydrogen) atoms. The Morgan fingerprint density at radius 1 is 1.41 bits per heavy atom. The van der Waals surface area contributed by atoms with Gasteiger partial charge in [0.15, 0.2) is 0 Å². The number of nitrogens with zero attached hydrogens (tertiary/aromatic N) is 2. The van der Waals surface area contributed by atoms with Crippen molar-refractivity contribution in [1.29, 1.82) is 0 Å². The highest BCUT2D eigenvalue weighted by Crippen LogP contribution is 2.13. The summed E-state index contributed by atoms with van der Waals surface area (Å²) in [6.45, 7) is 5.33. The summed E-state index contributed by atoms with van der Waals surface area (Å²) in [7, 11) is -3.28. The first-order valence-electron chi connectivity index (χ1n) is 7.60. The van der Waals surface area contributed by atoms with Crippen LogP contribution in [0.25, 0.3) is 0 Å². The number of amides is 1. The highest BCUT2D eigenvalue weighted by molar-refractivity contribution is 7.89. The fraction of sp³-hybridized carbons (Fsp3) is 0.714. The van der Waals surface area contributed by atoms with E-state index in [1.54, 1.807) is 6.07 Å². The van der Waals surface area contributed by atoms with Crippen LogP contribution in [-0.2, 0) is 16.4 Å². The quantitative estimate of drug-likeness (QED) is 0.806. The van der Waals surface area contributed by atoms with E-state index in [1.807, 2.05) is 0 Å². The van der Waals surface area contributed by atoms with Crippen LogP contribution < -0.4 is 5.32 Å². The molecule has 0 saturated carbocycles. The summed E-state index contributed by atoms with van der Waals surface area (Å²) < 4.78 is 30.5. The predicted octanol–water partition coefficient (Wildman–Crippen LogP) is 1.03. The first-order chi connectivity index (χ1) is 10.4. The first kappa shape index (κ1) is 17.0. The van der Waals surface area contributed by atoms with Crippen molar-refractivity contribution in [3.05, 3.63) is 17.5 Å². The highest BCUT2D eigenvalue weighted by Gasteiger charge is 2.25. The van der Waals surface area contributed by atoms with Gasteiger partial charge >= 0.3 is 0 Å². The second-order valence-corrected chi connectivity index (χ2v) is 8.05. The lowest BCUT2D eigenvalue weighted by Crippen LogP contribution is -2.36. The van der Waals surface area contributed by atoms with E-state index in [0.717, 1.165) is 25.0 Å². The molecule has 1 aromatic heterocycles. The Morgan fingerprint density at radius 3 is 2.73 bits per heavy atom. The van der Waals surface area contributed by atoms with Crippen molar-refractivity contribution in [3.8, 4) is 0 Å².